The molecule has 0 saturated heterocycles. The molecule has 0 radical (unpaired) electrons. The van der Waals surface area contributed by atoms with Crippen molar-refractivity contribution in [2.45, 2.75) is 26.8 Å². The molecule has 0 aliphatic heterocycles. The Bertz CT molecular complexity index is 605. The number of pyridine rings is 1. The number of hydrogen-bond donors (Lipinski definition) is 2. The highest BCUT2D eigenvalue weighted by atomic mass is 16.5. The van der Waals surface area contributed by atoms with E-state index in [2.05, 4.69) is 36.3 Å². The molecule has 0 saturated carbocycles. The Balaban J connectivity index is 2.51. The van der Waals surface area contributed by atoms with Gasteiger partial charge in [0.2, 0.25) is 0 Å². The fourth-order valence-electron chi connectivity index (χ4n) is 2.64. The first kappa shape index (κ1) is 15.3. The maximum absolute atomic E-state index is 6.11. The summed E-state index contributed by atoms with van der Waals surface area (Å²) in [5.41, 5.74) is 10.6. The molecule has 2 rings (SSSR count). The highest BCUT2D eigenvalue weighted by Crippen LogP contribution is 2.31. The first-order valence-corrected chi connectivity index (χ1v) is 7.17. The van der Waals surface area contributed by atoms with Crippen LogP contribution in [-0.4, -0.2) is 18.6 Å². The minimum Gasteiger partial charge on any atom is -0.496 e. The van der Waals surface area contributed by atoms with E-state index in [-0.39, 0.29) is 6.04 Å². The number of nitrogens with zero attached hydrogens (tertiary/aromatic N) is 1. The molecule has 0 bridgehead atoms. The number of ether oxygens (including phenoxy) is 1. The van der Waals surface area contributed by atoms with Crippen molar-refractivity contribution in [2.75, 3.05) is 19.4 Å². The van der Waals surface area contributed by atoms with Gasteiger partial charge in [0.15, 0.2) is 0 Å². The van der Waals surface area contributed by atoms with Crippen LogP contribution in [0.4, 0.5) is 5.82 Å². The van der Waals surface area contributed by atoms with Gasteiger partial charge in [0.25, 0.3) is 0 Å². The van der Waals surface area contributed by atoms with E-state index in [0.29, 0.717) is 5.82 Å². The van der Waals surface area contributed by atoms with E-state index in [0.717, 1.165) is 34.5 Å². The second-order valence-electron chi connectivity index (χ2n) is 5.15. The predicted octanol–water partition coefficient (Wildman–Crippen LogP) is 2.99. The van der Waals surface area contributed by atoms with Crippen LogP contribution in [-0.2, 0) is 0 Å². The van der Waals surface area contributed by atoms with Crippen LogP contribution in [0.1, 0.15) is 35.2 Å². The molecular weight excluding hydrogens is 262 g/mol. The maximum atomic E-state index is 6.11. The highest BCUT2D eigenvalue weighted by Gasteiger charge is 2.19. The van der Waals surface area contributed by atoms with Gasteiger partial charge in [-0.15, -0.1) is 0 Å². The smallest absolute Gasteiger partial charge is 0.128 e. The van der Waals surface area contributed by atoms with Crippen molar-refractivity contribution in [3.8, 4) is 5.75 Å². The number of hydrogen-bond acceptors (Lipinski definition) is 4. The zero-order valence-corrected chi connectivity index (χ0v) is 13.1. The van der Waals surface area contributed by atoms with Crippen molar-refractivity contribution in [3.63, 3.8) is 0 Å². The van der Waals surface area contributed by atoms with Crippen molar-refractivity contribution in [1.82, 2.24) is 10.3 Å². The standard InChI is InChI=1S/C17H23N3O/c1-5-19-16(15-11(2)8-9-20-17(15)18)13-6-7-14(21-4)12(3)10-13/h6-10,16,19H,5H2,1-4H3,(H2,18,20). The molecule has 1 aromatic heterocycles. The molecule has 1 unspecified atom stereocenters. The summed E-state index contributed by atoms with van der Waals surface area (Å²) in [5.74, 6) is 1.47. The van der Waals surface area contributed by atoms with Crippen molar-refractivity contribution in [3.05, 3.63) is 52.7 Å². The van der Waals surface area contributed by atoms with Gasteiger partial charge in [-0.05, 0) is 49.2 Å². The van der Waals surface area contributed by atoms with Crippen LogP contribution in [0.5, 0.6) is 5.75 Å². The van der Waals surface area contributed by atoms with Crippen LogP contribution in [0.25, 0.3) is 0 Å². The second kappa shape index (κ2) is 6.59. The first-order chi connectivity index (χ1) is 10.1. The van der Waals surface area contributed by atoms with Gasteiger partial charge < -0.3 is 15.8 Å². The van der Waals surface area contributed by atoms with E-state index in [1.165, 1.54) is 0 Å². The van der Waals surface area contributed by atoms with Crippen LogP contribution < -0.4 is 15.8 Å². The third-order valence-electron chi connectivity index (χ3n) is 3.69. The van der Waals surface area contributed by atoms with Gasteiger partial charge in [0, 0.05) is 11.8 Å². The lowest BCUT2D eigenvalue weighted by Gasteiger charge is -2.22. The predicted molar refractivity (Wildman–Crippen MR) is 86.6 cm³/mol. The average molecular weight is 285 g/mol. The Morgan fingerprint density at radius 1 is 1.24 bits per heavy atom. The molecule has 1 aromatic carbocycles. The fraction of sp³-hybridized carbons (Fsp3) is 0.353. The van der Waals surface area contributed by atoms with E-state index in [1.54, 1.807) is 13.3 Å². The molecule has 0 spiro atoms. The number of nitrogen functional groups attached to an aromatic ring is 1. The van der Waals surface area contributed by atoms with Crippen molar-refractivity contribution < 1.29 is 4.74 Å². The average Bonchev–Trinajstić information content (AvgIpc) is 2.46. The number of nitrogens with two attached hydrogens (primary N) is 1. The van der Waals surface area contributed by atoms with Crippen molar-refractivity contribution in [1.29, 1.82) is 0 Å². The Labute approximate surface area is 126 Å². The minimum atomic E-state index is 0.0355. The molecule has 3 N–H and O–H groups in total. The number of benzene rings is 1. The summed E-state index contributed by atoms with van der Waals surface area (Å²) in [6.45, 7) is 7.05. The molecule has 2 aromatic rings. The van der Waals surface area contributed by atoms with E-state index in [9.17, 15) is 0 Å². The fourth-order valence-corrected chi connectivity index (χ4v) is 2.64. The molecule has 1 atom stereocenters. The van der Waals surface area contributed by atoms with Crippen LogP contribution in [0.15, 0.2) is 30.5 Å². The maximum Gasteiger partial charge on any atom is 0.128 e. The monoisotopic (exact) mass is 285 g/mol. The third-order valence-corrected chi connectivity index (χ3v) is 3.69. The van der Waals surface area contributed by atoms with Gasteiger partial charge in [-0.2, -0.15) is 0 Å². The van der Waals surface area contributed by atoms with Crippen LogP contribution in [0, 0.1) is 13.8 Å². The quantitative estimate of drug-likeness (QED) is 0.886. The van der Waals surface area contributed by atoms with Crippen molar-refractivity contribution >= 4 is 5.82 Å². The van der Waals surface area contributed by atoms with Gasteiger partial charge in [-0.1, -0.05) is 19.1 Å². The molecule has 0 aliphatic carbocycles. The molecular formula is C17H23N3O. The Morgan fingerprint density at radius 3 is 2.57 bits per heavy atom. The normalized spacial score (nSPS) is 12.2. The van der Waals surface area contributed by atoms with E-state index < -0.39 is 0 Å². The third kappa shape index (κ3) is 3.16. The van der Waals surface area contributed by atoms with Crippen LogP contribution in [0.2, 0.25) is 0 Å². The lowest BCUT2D eigenvalue weighted by atomic mass is 9.94. The molecule has 4 nitrogen and oxygen atoms in total. The van der Waals surface area contributed by atoms with Crippen LogP contribution >= 0.6 is 0 Å². The summed E-state index contributed by atoms with van der Waals surface area (Å²) in [6.07, 6.45) is 1.75. The number of aryl methyl sites for hydroxylation is 2. The SMILES string of the molecule is CCNC(c1ccc(OC)c(C)c1)c1c(C)ccnc1N. The van der Waals surface area contributed by atoms with Crippen LogP contribution in [0.3, 0.4) is 0 Å². The molecule has 21 heavy (non-hydrogen) atoms. The molecule has 1 heterocycles. The Kier molecular flexibility index (Phi) is 4.81. The molecule has 4 heteroatoms. The Hall–Kier alpha value is -2.07. The number of nitrogens with one attached hydrogen (secondary N) is 1. The highest BCUT2D eigenvalue weighted by molar-refractivity contribution is 5.51. The summed E-state index contributed by atoms with van der Waals surface area (Å²) >= 11 is 0. The lowest BCUT2D eigenvalue weighted by molar-refractivity contribution is 0.411. The van der Waals surface area contributed by atoms with Gasteiger partial charge in [0.1, 0.15) is 11.6 Å². The van der Waals surface area contributed by atoms with E-state index in [4.69, 9.17) is 10.5 Å². The summed E-state index contributed by atoms with van der Waals surface area (Å²) < 4.78 is 5.34. The summed E-state index contributed by atoms with van der Waals surface area (Å²) in [4.78, 5) is 4.24. The summed E-state index contributed by atoms with van der Waals surface area (Å²) in [5, 5.41) is 3.50. The zero-order valence-electron chi connectivity index (χ0n) is 13.1. The topological polar surface area (TPSA) is 60.2 Å². The molecule has 0 fully saturated rings. The van der Waals surface area contributed by atoms with Gasteiger partial charge >= 0.3 is 0 Å². The van der Waals surface area contributed by atoms with Gasteiger partial charge in [-0.3, -0.25) is 0 Å². The molecule has 0 amide bonds. The zero-order chi connectivity index (χ0) is 15.4. The number of anilines is 1. The summed E-state index contributed by atoms with van der Waals surface area (Å²) in [6, 6.07) is 8.24. The number of methoxy groups -OCH3 is 1. The lowest BCUT2D eigenvalue weighted by Crippen LogP contribution is -2.24. The largest absolute Gasteiger partial charge is 0.496 e. The molecule has 0 aliphatic rings. The first-order valence-electron chi connectivity index (χ1n) is 7.17. The number of aromatic nitrogens is 1. The second-order valence-corrected chi connectivity index (χ2v) is 5.15. The van der Waals surface area contributed by atoms with Gasteiger partial charge in [0.05, 0.1) is 13.2 Å². The molecule has 112 valence electrons. The van der Waals surface area contributed by atoms with E-state index >= 15 is 0 Å². The Morgan fingerprint density at radius 2 is 2.00 bits per heavy atom. The summed E-state index contributed by atoms with van der Waals surface area (Å²) in [7, 11) is 1.69. The minimum absolute atomic E-state index is 0.0355. The van der Waals surface area contributed by atoms with E-state index in [1.807, 2.05) is 19.1 Å². The van der Waals surface area contributed by atoms with Gasteiger partial charge in [-0.25, -0.2) is 4.98 Å². The number of rotatable bonds is 5. The van der Waals surface area contributed by atoms with Crippen molar-refractivity contribution in [2.24, 2.45) is 0 Å².